The van der Waals surface area contributed by atoms with Gasteiger partial charge in [-0.3, -0.25) is 25.2 Å². The molecule has 0 aliphatic rings. The molecule has 146 valence electrons. The average molecular weight is 465 g/mol. The summed E-state index contributed by atoms with van der Waals surface area (Å²) in [5, 5.41) is 4.16. The number of aryl methyl sites for hydroxylation is 2. The van der Waals surface area contributed by atoms with Gasteiger partial charge in [-0.05, 0) is 53.9 Å². The van der Waals surface area contributed by atoms with Crippen LogP contribution in [-0.2, 0) is 11.2 Å². The van der Waals surface area contributed by atoms with Crippen LogP contribution in [-0.4, -0.2) is 32.3 Å². The van der Waals surface area contributed by atoms with E-state index >= 15 is 0 Å². The number of hydrogen-bond acceptors (Lipinski definition) is 6. The van der Waals surface area contributed by atoms with Crippen molar-refractivity contribution in [1.82, 2.24) is 25.4 Å². The minimum Gasteiger partial charge on any atom is -0.365 e. The molecule has 11 heteroatoms. The van der Waals surface area contributed by atoms with Crippen molar-refractivity contribution in [1.29, 1.82) is 0 Å². The molecule has 0 aliphatic carbocycles. The van der Waals surface area contributed by atoms with Crippen molar-refractivity contribution in [2.24, 2.45) is 5.73 Å². The molecule has 0 saturated carbocycles. The molecule has 0 fully saturated rings. The number of fused-ring (bicyclic) bond motifs is 1. The number of carbonyl (C=O) groups excluding carboxylic acids is 3. The van der Waals surface area contributed by atoms with E-state index in [2.05, 4.69) is 36.9 Å². The van der Waals surface area contributed by atoms with Gasteiger partial charge in [-0.2, -0.15) is 5.10 Å². The standard InChI is InChI=1S/C17H17BrN6O3S/c1-8-10(9(2)24-16(21-8)11(7-20-24)15(19)26)3-6-14(25)22-23-17(27)12-4-5-13(18)28-12/h4-5,7H,3,6H2,1-2H3,(H2,19,26)(H,22,25)(H,23,27). The minimum atomic E-state index is -0.595. The largest absolute Gasteiger partial charge is 0.365 e. The van der Waals surface area contributed by atoms with Crippen LogP contribution < -0.4 is 16.6 Å². The zero-order chi connectivity index (χ0) is 20.4. The molecule has 0 aliphatic heterocycles. The Morgan fingerprint density at radius 3 is 2.64 bits per heavy atom. The third-order valence-corrected chi connectivity index (χ3v) is 5.81. The predicted molar refractivity (Wildman–Crippen MR) is 107 cm³/mol. The number of aromatic nitrogens is 3. The van der Waals surface area contributed by atoms with Gasteiger partial charge in [-0.1, -0.05) is 0 Å². The lowest BCUT2D eigenvalue weighted by Gasteiger charge is -2.11. The molecule has 0 bridgehead atoms. The number of amides is 3. The van der Waals surface area contributed by atoms with Gasteiger partial charge in [0.25, 0.3) is 11.8 Å². The molecule has 3 rings (SSSR count). The van der Waals surface area contributed by atoms with E-state index in [4.69, 9.17) is 5.73 Å². The maximum Gasteiger partial charge on any atom is 0.279 e. The molecule has 0 radical (unpaired) electrons. The Bertz CT molecular complexity index is 1090. The summed E-state index contributed by atoms with van der Waals surface area (Å²) in [5.74, 6) is -1.31. The van der Waals surface area contributed by atoms with E-state index in [9.17, 15) is 14.4 Å². The van der Waals surface area contributed by atoms with Crippen LogP contribution in [0.2, 0.25) is 0 Å². The third-order valence-electron chi connectivity index (χ3n) is 4.19. The Kier molecular flexibility index (Phi) is 5.75. The Balaban J connectivity index is 1.65. The van der Waals surface area contributed by atoms with E-state index in [1.165, 1.54) is 22.0 Å². The molecule has 3 aromatic heterocycles. The summed E-state index contributed by atoms with van der Waals surface area (Å²) in [7, 11) is 0. The first-order valence-electron chi connectivity index (χ1n) is 8.26. The van der Waals surface area contributed by atoms with Gasteiger partial charge in [0, 0.05) is 17.8 Å². The van der Waals surface area contributed by atoms with Gasteiger partial charge < -0.3 is 5.73 Å². The summed E-state index contributed by atoms with van der Waals surface area (Å²) < 4.78 is 2.37. The fourth-order valence-electron chi connectivity index (χ4n) is 2.77. The number of primary amides is 1. The monoisotopic (exact) mass is 464 g/mol. The fraction of sp³-hybridized carbons (Fsp3) is 0.235. The van der Waals surface area contributed by atoms with E-state index in [1.807, 2.05) is 6.92 Å². The van der Waals surface area contributed by atoms with Crippen molar-refractivity contribution >= 4 is 50.6 Å². The number of nitrogens with zero attached hydrogens (tertiary/aromatic N) is 3. The first kappa shape index (κ1) is 20.0. The Labute approximate surface area is 172 Å². The fourth-order valence-corrected chi connectivity index (χ4v) is 4.05. The molecule has 0 aromatic carbocycles. The van der Waals surface area contributed by atoms with Crippen molar-refractivity contribution in [3.05, 3.63) is 49.5 Å². The second-order valence-corrected chi connectivity index (χ2v) is 8.49. The van der Waals surface area contributed by atoms with Crippen LogP contribution in [0.25, 0.3) is 5.65 Å². The van der Waals surface area contributed by atoms with Crippen LogP contribution in [0.4, 0.5) is 0 Å². The van der Waals surface area contributed by atoms with Crippen LogP contribution in [0.1, 0.15) is 43.4 Å². The average Bonchev–Trinajstić information content (AvgIpc) is 3.25. The summed E-state index contributed by atoms with van der Waals surface area (Å²) in [6.45, 7) is 3.64. The quantitative estimate of drug-likeness (QED) is 0.494. The van der Waals surface area contributed by atoms with E-state index in [1.54, 1.807) is 19.1 Å². The van der Waals surface area contributed by atoms with Gasteiger partial charge in [0.2, 0.25) is 5.91 Å². The maximum absolute atomic E-state index is 12.1. The van der Waals surface area contributed by atoms with E-state index in [-0.39, 0.29) is 23.8 Å². The molecule has 0 saturated heterocycles. The summed E-state index contributed by atoms with van der Waals surface area (Å²) in [5.41, 5.74) is 13.1. The number of hydrazine groups is 1. The van der Waals surface area contributed by atoms with Crippen molar-refractivity contribution in [2.75, 3.05) is 0 Å². The van der Waals surface area contributed by atoms with Gasteiger partial charge in [0.05, 0.1) is 14.9 Å². The van der Waals surface area contributed by atoms with Crippen LogP contribution in [0.5, 0.6) is 0 Å². The molecule has 3 amide bonds. The van der Waals surface area contributed by atoms with E-state index in [0.717, 1.165) is 15.0 Å². The van der Waals surface area contributed by atoms with E-state index in [0.29, 0.717) is 22.6 Å². The third kappa shape index (κ3) is 4.04. The lowest BCUT2D eigenvalue weighted by Crippen LogP contribution is -2.41. The lowest BCUT2D eigenvalue weighted by molar-refractivity contribution is -0.121. The number of nitrogens with one attached hydrogen (secondary N) is 2. The minimum absolute atomic E-state index is 0.146. The molecule has 28 heavy (non-hydrogen) atoms. The van der Waals surface area contributed by atoms with Crippen molar-refractivity contribution in [2.45, 2.75) is 26.7 Å². The van der Waals surface area contributed by atoms with Crippen LogP contribution in [0, 0.1) is 13.8 Å². The molecule has 0 unspecified atom stereocenters. The SMILES string of the molecule is Cc1nc2c(C(N)=O)cnn2c(C)c1CCC(=O)NNC(=O)c1ccc(Br)s1. The highest BCUT2D eigenvalue weighted by Crippen LogP contribution is 2.21. The number of carbonyl (C=O) groups is 3. The molecular weight excluding hydrogens is 448 g/mol. The van der Waals surface area contributed by atoms with Crippen molar-refractivity contribution < 1.29 is 14.4 Å². The zero-order valence-corrected chi connectivity index (χ0v) is 17.5. The topological polar surface area (TPSA) is 131 Å². The van der Waals surface area contributed by atoms with Gasteiger partial charge in [-0.25, -0.2) is 9.50 Å². The second kappa shape index (κ2) is 8.07. The van der Waals surface area contributed by atoms with Gasteiger partial charge in [-0.15, -0.1) is 11.3 Å². The van der Waals surface area contributed by atoms with Crippen LogP contribution >= 0.6 is 27.3 Å². The Morgan fingerprint density at radius 2 is 2.00 bits per heavy atom. The smallest absolute Gasteiger partial charge is 0.279 e. The molecule has 4 N–H and O–H groups in total. The van der Waals surface area contributed by atoms with Crippen LogP contribution in [0.3, 0.4) is 0 Å². The van der Waals surface area contributed by atoms with Crippen LogP contribution in [0.15, 0.2) is 22.1 Å². The number of hydrogen-bond donors (Lipinski definition) is 3. The first-order chi connectivity index (χ1) is 13.3. The van der Waals surface area contributed by atoms with Crippen molar-refractivity contribution in [3.63, 3.8) is 0 Å². The number of thiophene rings is 1. The Morgan fingerprint density at radius 1 is 1.25 bits per heavy atom. The zero-order valence-electron chi connectivity index (χ0n) is 15.1. The lowest BCUT2D eigenvalue weighted by atomic mass is 10.1. The normalized spacial score (nSPS) is 10.8. The molecule has 3 aromatic rings. The second-order valence-electron chi connectivity index (χ2n) is 6.03. The molecule has 0 spiro atoms. The summed E-state index contributed by atoms with van der Waals surface area (Å²) in [4.78, 5) is 40.4. The number of rotatable bonds is 5. The maximum atomic E-state index is 12.1. The van der Waals surface area contributed by atoms with Gasteiger partial charge >= 0.3 is 0 Å². The highest BCUT2D eigenvalue weighted by atomic mass is 79.9. The van der Waals surface area contributed by atoms with Gasteiger partial charge in [0.1, 0.15) is 5.56 Å². The Hall–Kier alpha value is -2.79. The number of halogens is 1. The number of nitrogens with two attached hydrogens (primary N) is 1. The summed E-state index contributed by atoms with van der Waals surface area (Å²) in [6.07, 6.45) is 1.93. The first-order valence-corrected chi connectivity index (χ1v) is 9.87. The molecule has 3 heterocycles. The summed E-state index contributed by atoms with van der Waals surface area (Å²) >= 11 is 4.55. The van der Waals surface area contributed by atoms with Gasteiger partial charge in [0.15, 0.2) is 5.65 Å². The van der Waals surface area contributed by atoms with E-state index < -0.39 is 5.91 Å². The summed E-state index contributed by atoms with van der Waals surface area (Å²) in [6, 6.07) is 3.42. The molecule has 9 nitrogen and oxygen atoms in total. The molecular formula is C17H17BrN6O3S. The predicted octanol–water partition coefficient (Wildman–Crippen LogP) is 1.66. The highest BCUT2D eigenvalue weighted by Gasteiger charge is 2.17. The molecule has 0 atom stereocenters. The highest BCUT2D eigenvalue weighted by molar-refractivity contribution is 9.11. The van der Waals surface area contributed by atoms with Crippen molar-refractivity contribution in [3.8, 4) is 0 Å².